The van der Waals surface area contributed by atoms with Gasteiger partial charge in [0, 0.05) is 17.0 Å². The lowest BCUT2D eigenvalue weighted by Gasteiger charge is -2.37. The topological polar surface area (TPSA) is 149 Å². The first-order valence-corrected chi connectivity index (χ1v) is 11.7. The van der Waals surface area contributed by atoms with Crippen molar-refractivity contribution in [2.75, 3.05) is 11.9 Å². The number of anilines is 1. The van der Waals surface area contributed by atoms with Crippen molar-refractivity contribution >= 4 is 46.0 Å². The number of hydrogen-bond acceptors (Lipinski definition) is 7. The van der Waals surface area contributed by atoms with Crippen molar-refractivity contribution in [1.82, 2.24) is 24.6 Å². The number of hydrogen-bond donors (Lipinski definition) is 2. The van der Waals surface area contributed by atoms with Crippen molar-refractivity contribution in [2.24, 2.45) is 5.73 Å². The molecule has 5 rings (SSSR count). The van der Waals surface area contributed by atoms with Crippen molar-refractivity contribution in [3.63, 3.8) is 0 Å². The van der Waals surface area contributed by atoms with Crippen LogP contribution in [0.15, 0.2) is 53.3 Å². The molecule has 1 saturated carbocycles. The van der Waals surface area contributed by atoms with Gasteiger partial charge in [0.25, 0.3) is 5.91 Å². The van der Waals surface area contributed by atoms with Crippen LogP contribution in [-0.2, 0) is 16.1 Å². The van der Waals surface area contributed by atoms with Gasteiger partial charge in [0.15, 0.2) is 5.69 Å². The average molecular weight is 508 g/mol. The summed E-state index contributed by atoms with van der Waals surface area (Å²) in [6.07, 6.45) is 5.56. The fourth-order valence-electron chi connectivity index (χ4n) is 4.13. The van der Waals surface area contributed by atoms with E-state index in [1.165, 1.54) is 17.1 Å². The Morgan fingerprint density at radius 2 is 2.06 bits per heavy atom. The van der Waals surface area contributed by atoms with Crippen LogP contribution < -0.4 is 11.1 Å². The number of primary amides is 1. The van der Waals surface area contributed by atoms with E-state index in [1.807, 2.05) is 0 Å². The Hall–Kier alpha value is -4.25. The lowest BCUT2D eigenvalue weighted by molar-refractivity contribution is -0.139. The minimum atomic E-state index is -0.722. The van der Waals surface area contributed by atoms with Crippen LogP contribution in [0.25, 0.3) is 22.4 Å². The van der Waals surface area contributed by atoms with E-state index < -0.39 is 5.91 Å². The number of nitrogens with zero attached hydrogens (tertiary/aromatic N) is 5. The molecule has 0 spiro atoms. The van der Waals surface area contributed by atoms with Gasteiger partial charge in [-0.1, -0.05) is 17.7 Å². The van der Waals surface area contributed by atoms with Gasteiger partial charge in [0.1, 0.15) is 30.3 Å². The van der Waals surface area contributed by atoms with Crippen LogP contribution >= 0.6 is 11.6 Å². The quantitative estimate of drug-likeness (QED) is 0.348. The highest BCUT2D eigenvalue weighted by Gasteiger charge is 2.31. The van der Waals surface area contributed by atoms with Crippen LogP contribution in [0.3, 0.4) is 0 Å². The summed E-state index contributed by atoms with van der Waals surface area (Å²) < 4.78 is 6.77. The van der Waals surface area contributed by atoms with Crippen LogP contribution in [0, 0.1) is 0 Å². The van der Waals surface area contributed by atoms with E-state index in [0.717, 1.165) is 19.3 Å². The number of rotatable bonds is 8. The fourth-order valence-corrected chi connectivity index (χ4v) is 4.30. The maximum Gasteiger partial charge on any atom is 0.269 e. The molecule has 4 aromatic rings. The molecule has 3 N–H and O–H groups in total. The number of fused-ring (bicyclic) bond motifs is 1. The van der Waals surface area contributed by atoms with Gasteiger partial charge >= 0.3 is 0 Å². The first-order chi connectivity index (χ1) is 17.4. The zero-order valence-electron chi connectivity index (χ0n) is 19.1. The molecule has 0 bridgehead atoms. The zero-order chi connectivity index (χ0) is 25.2. The molecule has 3 amide bonds. The Balaban J connectivity index is 1.38. The molecule has 0 radical (unpaired) electrons. The van der Waals surface area contributed by atoms with Gasteiger partial charge in [-0.15, -0.1) is 0 Å². The standard InChI is InChI=1S/C24H22ClN7O4/c25-18-5-2-6-19(28-18)29-20(33)12-31(15-3-1-4-15)21(34)13-32-17-8-7-14(24-27-9-10-36-24)11-16(17)22(30-32)23(26)35/h2,5-11,15H,1,3-4,12-13H2,(H2,26,35)(H,28,29,33). The van der Waals surface area contributed by atoms with Crippen LogP contribution in [0.4, 0.5) is 5.82 Å². The first kappa shape index (κ1) is 23.5. The predicted octanol–water partition coefficient (Wildman–Crippen LogP) is 2.86. The molecule has 0 atom stereocenters. The molecule has 0 unspecified atom stereocenters. The SMILES string of the molecule is NC(=O)c1nn(CC(=O)N(CC(=O)Nc2cccc(Cl)n2)C2CCC2)c2ccc(-c3ncco3)cc12. The summed E-state index contributed by atoms with van der Waals surface area (Å²) >= 11 is 5.89. The Morgan fingerprint density at radius 1 is 1.22 bits per heavy atom. The third-order valence-electron chi connectivity index (χ3n) is 6.08. The lowest BCUT2D eigenvalue weighted by Crippen LogP contribution is -2.49. The largest absolute Gasteiger partial charge is 0.445 e. The Bertz CT molecular complexity index is 1450. The molecule has 11 nitrogen and oxygen atoms in total. The molecule has 1 fully saturated rings. The molecule has 184 valence electrons. The third kappa shape index (κ3) is 4.78. The van der Waals surface area contributed by atoms with Crippen molar-refractivity contribution in [3.05, 3.63) is 59.7 Å². The van der Waals surface area contributed by atoms with E-state index in [2.05, 4.69) is 20.4 Å². The lowest BCUT2D eigenvalue weighted by atomic mass is 9.91. The van der Waals surface area contributed by atoms with E-state index in [1.54, 1.807) is 41.3 Å². The Kier molecular flexibility index (Phi) is 6.38. The molecular weight excluding hydrogens is 486 g/mol. The van der Waals surface area contributed by atoms with Crippen LogP contribution in [-0.4, -0.2) is 55.0 Å². The van der Waals surface area contributed by atoms with E-state index in [-0.39, 0.29) is 41.8 Å². The predicted molar refractivity (Wildman–Crippen MR) is 131 cm³/mol. The van der Waals surface area contributed by atoms with Gasteiger partial charge in [-0.25, -0.2) is 9.97 Å². The first-order valence-electron chi connectivity index (χ1n) is 11.3. The highest BCUT2D eigenvalue weighted by Crippen LogP contribution is 2.28. The summed E-state index contributed by atoms with van der Waals surface area (Å²) in [7, 11) is 0. The molecular formula is C24H22ClN7O4. The summed E-state index contributed by atoms with van der Waals surface area (Å²) in [5, 5.41) is 7.72. The summed E-state index contributed by atoms with van der Waals surface area (Å²) in [5.74, 6) is -0.720. The number of amides is 3. The summed E-state index contributed by atoms with van der Waals surface area (Å²) in [4.78, 5) is 47.9. The van der Waals surface area contributed by atoms with Gasteiger partial charge in [0.2, 0.25) is 17.7 Å². The van der Waals surface area contributed by atoms with Crippen LogP contribution in [0.1, 0.15) is 29.8 Å². The minimum Gasteiger partial charge on any atom is -0.445 e. The number of carbonyl (C=O) groups is 3. The van der Waals surface area contributed by atoms with E-state index in [4.69, 9.17) is 21.8 Å². The van der Waals surface area contributed by atoms with Gasteiger partial charge in [-0.05, 0) is 49.6 Å². The normalized spacial score (nSPS) is 13.4. The smallest absolute Gasteiger partial charge is 0.269 e. The number of oxazole rings is 1. The molecule has 1 aliphatic rings. The Labute approximate surface area is 210 Å². The van der Waals surface area contributed by atoms with Gasteiger partial charge in [-0.2, -0.15) is 5.10 Å². The molecule has 12 heteroatoms. The molecule has 1 aromatic carbocycles. The number of carbonyl (C=O) groups excluding carboxylic acids is 3. The monoisotopic (exact) mass is 507 g/mol. The number of benzene rings is 1. The average Bonchev–Trinajstić information content (AvgIpc) is 3.46. The molecule has 3 heterocycles. The summed E-state index contributed by atoms with van der Waals surface area (Å²) in [6.45, 7) is -0.310. The number of pyridine rings is 1. The van der Waals surface area contributed by atoms with Crippen molar-refractivity contribution in [3.8, 4) is 11.5 Å². The van der Waals surface area contributed by atoms with Crippen molar-refractivity contribution in [2.45, 2.75) is 31.8 Å². The Morgan fingerprint density at radius 3 is 2.72 bits per heavy atom. The third-order valence-corrected chi connectivity index (χ3v) is 6.29. The molecule has 0 saturated heterocycles. The fraction of sp³-hybridized carbons (Fsp3) is 0.250. The maximum absolute atomic E-state index is 13.4. The highest BCUT2D eigenvalue weighted by molar-refractivity contribution is 6.29. The van der Waals surface area contributed by atoms with E-state index >= 15 is 0 Å². The van der Waals surface area contributed by atoms with Gasteiger partial charge < -0.3 is 20.4 Å². The zero-order valence-corrected chi connectivity index (χ0v) is 19.8. The van der Waals surface area contributed by atoms with Crippen LogP contribution in [0.5, 0.6) is 0 Å². The van der Waals surface area contributed by atoms with E-state index in [0.29, 0.717) is 28.2 Å². The van der Waals surface area contributed by atoms with Crippen molar-refractivity contribution in [1.29, 1.82) is 0 Å². The number of nitrogens with one attached hydrogen (secondary N) is 1. The van der Waals surface area contributed by atoms with E-state index in [9.17, 15) is 14.4 Å². The number of halogens is 1. The summed E-state index contributed by atoms with van der Waals surface area (Å²) in [5.41, 5.74) is 6.79. The number of aromatic nitrogens is 4. The molecule has 1 aliphatic carbocycles. The van der Waals surface area contributed by atoms with Crippen molar-refractivity contribution < 1.29 is 18.8 Å². The minimum absolute atomic E-state index is 0.0335. The second-order valence-corrected chi connectivity index (χ2v) is 8.83. The van der Waals surface area contributed by atoms with Crippen LogP contribution in [0.2, 0.25) is 5.15 Å². The molecule has 3 aromatic heterocycles. The highest BCUT2D eigenvalue weighted by atomic mass is 35.5. The van der Waals surface area contributed by atoms with Gasteiger partial charge in [0.05, 0.1) is 11.7 Å². The molecule has 0 aliphatic heterocycles. The van der Waals surface area contributed by atoms with Gasteiger partial charge in [-0.3, -0.25) is 19.1 Å². The number of nitrogens with two attached hydrogens (primary N) is 1. The second-order valence-electron chi connectivity index (χ2n) is 8.44. The molecule has 36 heavy (non-hydrogen) atoms. The maximum atomic E-state index is 13.4. The summed E-state index contributed by atoms with van der Waals surface area (Å²) in [6, 6.07) is 10.0. The second kappa shape index (κ2) is 9.78.